The van der Waals surface area contributed by atoms with E-state index in [1.807, 2.05) is 43.3 Å². The standard InChI is InChI=1S/C30H31ClN6O3/c1-3-39-29-25(36-27(38)14-10-22-8-6-16-37(22)2)12-11-24-28(29)30(34-19-33-24)35-20-9-13-26(23(31)17-20)40-18-21-7-4-5-15-32-21/h4-5,7,9-15,17,19,22H,3,6,8,16,18H2,1-2H3,(H,36,38)(H,33,34,35)/b14-10+. The lowest BCUT2D eigenvalue weighted by molar-refractivity contribution is -0.112. The van der Waals surface area contributed by atoms with E-state index in [0.29, 0.717) is 57.8 Å². The molecule has 1 aliphatic rings. The van der Waals surface area contributed by atoms with Crippen molar-refractivity contribution in [2.45, 2.75) is 32.4 Å². The molecule has 0 saturated carbocycles. The number of pyridine rings is 1. The van der Waals surface area contributed by atoms with Gasteiger partial charge in [0.15, 0.2) is 5.75 Å². The Kier molecular flexibility index (Phi) is 8.73. The number of nitrogens with one attached hydrogen (secondary N) is 2. The second kappa shape index (κ2) is 12.8. The number of anilines is 3. The van der Waals surface area contributed by atoms with Gasteiger partial charge in [-0.2, -0.15) is 0 Å². The molecule has 1 saturated heterocycles. The number of halogens is 1. The molecule has 0 spiro atoms. The Morgan fingerprint density at radius 3 is 2.80 bits per heavy atom. The van der Waals surface area contributed by atoms with Gasteiger partial charge in [-0.05, 0) is 75.8 Å². The van der Waals surface area contributed by atoms with E-state index in [1.165, 1.54) is 6.33 Å². The van der Waals surface area contributed by atoms with Crippen molar-refractivity contribution in [2.24, 2.45) is 0 Å². The van der Waals surface area contributed by atoms with Crippen LogP contribution in [0.2, 0.25) is 5.02 Å². The minimum Gasteiger partial charge on any atom is -0.491 e. The molecule has 0 bridgehead atoms. The molecule has 1 fully saturated rings. The van der Waals surface area contributed by atoms with E-state index in [9.17, 15) is 4.79 Å². The van der Waals surface area contributed by atoms with Crippen LogP contribution in [0.5, 0.6) is 11.5 Å². The number of fused-ring (bicyclic) bond motifs is 1. The average Bonchev–Trinajstić information content (AvgIpc) is 3.38. The summed E-state index contributed by atoms with van der Waals surface area (Å²) < 4.78 is 11.9. The molecule has 10 heteroatoms. The van der Waals surface area contributed by atoms with Gasteiger partial charge in [0.25, 0.3) is 0 Å². The van der Waals surface area contributed by atoms with E-state index in [0.717, 1.165) is 25.1 Å². The normalized spacial score (nSPS) is 15.4. The Labute approximate surface area is 238 Å². The number of likely N-dealkylation sites (N-methyl/N-ethyl adjacent to an activating group) is 1. The summed E-state index contributed by atoms with van der Waals surface area (Å²) in [6, 6.07) is 15.0. The molecule has 0 radical (unpaired) electrons. The van der Waals surface area contributed by atoms with Crippen molar-refractivity contribution in [3.05, 3.63) is 83.9 Å². The summed E-state index contributed by atoms with van der Waals surface area (Å²) in [5.41, 5.74) is 2.72. The van der Waals surface area contributed by atoms with Gasteiger partial charge in [0.05, 0.1) is 33.9 Å². The molecule has 1 amide bonds. The minimum absolute atomic E-state index is 0.222. The Balaban J connectivity index is 1.37. The Bertz CT molecular complexity index is 1510. The number of likely N-dealkylation sites (tertiary alicyclic amines) is 1. The fraction of sp³-hybridized carbons (Fsp3) is 0.267. The summed E-state index contributed by atoms with van der Waals surface area (Å²) in [6.45, 7) is 3.63. The first-order valence-electron chi connectivity index (χ1n) is 13.2. The van der Waals surface area contributed by atoms with Crippen LogP contribution >= 0.6 is 11.6 Å². The predicted octanol–water partition coefficient (Wildman–Crippen LogP) is 5.99. The number of carbonyl (C=O) groups excluding carboxylic acids is 1. The highest BCUT2D eigenvalue weighted by molar-refractivity contribution is 6.32. The summed E-state index contributed by atoms with van der Waals surface area (Å²) in [5, 5.41) is 7.37. The molecular weight excluding hydrogens is 528 g/mol. The van der Waals surface area contributed by atoms with Crippen molar-refractivity contribution in [1.29, 1.82) is 0 Å². The predicted molar refractivity (Wildman–Crippen MR) is 157 cm³/mol. The molecule has 2 N–H and O–H groups in total. The molecule has 40 heavy (non-hydrogen) atoms. The monoisotopic (exact) mass is 558 g/mol. The van der Waals surface area contributed by atoms with Gasteiger partial charge < -0.3 is 20.1 Å². The molecule has 3 heterocycles. The summed E-state index contributed by atoms with van der Waals surface area (Å²) in [7, 11) is 2.07. The van der Waals surface area contributed by atoms with Gasteiger partial charge in [0, 0.05) is 24.0 Å². The number of hydrogen-bond donors (Lipinski definition) is 2. The van der Waals surface area contributed by atoms with E-state index in [2.05, 4.69) is 37.5 Å². The zero-order chi connectivity index (χ0) is 27.9. The van der Waals surface area contributed by atoms with Crippen molar-refractivity contribution >= 4 is 45.6 Å². The maximum absolute atomic E-state index is 12.8. The number of amides is 1. The molecule has 1 unspecified atom stereocenters. The SMILES string of the molecule is CCOc1c(NC(=O)/C=C/C2CCCN2C)ccc2ncnc(Nc3ccc(OCc4ccccn4)c(Cl)c3)c12. The summed E-state index contributed by atoms with van der Waals surface area (Å²) in [5.74, 6) is 1.33. The van der Waals surface area contributed by atoms with Gasteiger partial charge in [0.2, 0.25) is 5.91 Å². The topological polar surface area (TPSA) is 102 Å². The van der Waals surface area contributed by atoms with E-state index in [1.54, 1.807) is 30.5 Å². The van der Waals surface area contributed by atoms with Crippen molar-refractivity contribution in [1.82, 2.24) is 19.9 Å². The molecule has 1 aliphatic heterocycles. The van der Waals surface area contributed by atoms with E-state index in [4.69, 9.17) is 21.1 Å². The number of nitrogens with zero attached hydrogens (tertiary/aromatic N) is 4. The zero-order valence-electron chi connectivity index (χ0n) is 22.4. The van der Waals surface area contributed by atoms with Crippen molar-refractivity contribution in [2.75, 3.05) is 30.8 Å². The number of hydrogen-bond acceptors (Lipinski definition) is 8. The number of benzene rings is 2. The number of aromatic nitrogens is 3. The first kappa shape index (κ1) is 27.4. The smallest absolute Gasteiger partial charge is 0.248 e. The lowest BCUT2D eigenvalue weighted by atomic mass is 10.1. The van der Waals surface area contributed by atoms with Crippen LogP contribution in [-0.4, -0.2) is 52.0 Å². The summed E-state index contributed by atoms with van der Waals surface area (Å²) in [6.07, 6.45) is 8.92. The summed E-state index contributed by atoms with van der Waals surface area (Å²) in [4.78, 5) is 28.2. The molecule has 4 aromatic rings. The number of rotatable bonds is 10. The molecule has 2 aromatic carbocycles. The van der Waals surface area contributed by atoms with Gasteiger partial charge >= 0.3 is 0 Å². The van der Waals surface area contributed by atoms with Crippen molar-refractivity contribution in [3.8, 4) is 11.5 Å². The van der Waals surface area contributed by atoms with Crippen molar-refractivity contribution < 1.29 is 14.3 Å². The zero-order valence-corrected chi connectivity index (χ0v) is 23.2. The van der Waals surface area contributed by atoms with E-state index in [-0.39, 0.29) is 11.9 Å². The largest absolute Gasteiger partial charge is 0.491 e. The van der Waals surface area contributed by atoms with Crippen LogP contribution in [0, 0.1) is 0 Å². The van der Waals surface area contributed by atoms with Gasteiger partial charge in [-0.15, -0.1) is 0 Å². The third-order valence-electron chi connectivity index (χ3n) is 6.65. The van der Waals surface area contributed by atoms with Gasteiger partial charge in [-0.25, -0.2) is 9.97 Å². The van der Waals surface area contributed by atoms with E-state index >= 15 is 0 Å². The Morgan fingerprint density at radius 1 is 1.15 bits per heavy atom. The van der Waals surface area contributed by atoms with Crippen LogP contribution in [-0.2, 0) is 11.4 Å². The summed E-state index contributed by atoms with van der Waals surface area (Å²) >= 11 is 6.53. The third-order valence-corrected chi connectivity index (χ3v) is 6.94. The molecular formula is C30H31ClN6O3. The Morgan fingerprint density at radius 2 is 2.05 bits per heavy atom. The highest BCUT2D eigenvalue weighted by Gasteiger charge is 2.19. The molecule has 2 aromatic heterocycles. The van der Waals surface area contributed by atoms with Gasteiger partial charge in [-0.3, -0.25) is 14.7 Å². The second-order valence-electron chi connectivity index (χ2n) is 9.41. The molecule has 206 valence electrons. The average molecular weight is 559 g/mol. The van der Waals surface area contributed by atoms with Crippen molar-refractivity contribution in [3.63, 3.8) is 0 Å². The van der Waals surface area contributed by atoms with Crippen LogP contribution in [0.1, 0.15) is 25.5 Å². The number of ether oxygens (including phenoxy) is 2. The van der Waals surface area contributed by atoms with E-state index < -0.39 is 0 Å². The van der Waals surface area contributed by atoms with Crippen LogP contribution < -0.4 is 20.1 Å². The van der Waals surface area contributed by atoms with Crippen LogP contribution in [0.3, 0.4) is 0 Å². The highest BCUT2D eigenvalue weighted by Crippen LogP contribution is 2.38. The molecule has 9 nitrogen and oxygen atoms in total. The maximum Gasteiger partial charge on any atom is 0.248 e. The second-order valence-corrected chi connectivity index (χ2v) is 9.82. The third kappa shape index (κ3) is 6.50. The fourth-order valence-electron chi connectivity index (χ4n) is 4.63. The van der Waals surface area contributed by atoms with Crippen LogP contribution in [0.15, 0.2) is 73.2 Å². The van der Waals surface area contributed by atoms with Gasteiger partial charge in [-0.1, -0.05) is 23.7 Å². The maximum atomic E-state index is 12.8. The molecule has 1 atom stereocenters. The quantitative estimate of drug-likeness (QED) is 0.229. The fourth-order valence-corrected chi connectivity index (χ4v) is 4.86. The molecule has 5 rings (SSSR count). The minimum atomic E-state index is -0.222. The lowest BCUT2D eigenvalue weighted by Gasteiger charge is -2.17. The lowest BCUT2D eigenvalue weighted by Crippen LogP contribution is -2.23. The Hall–Kier alpha value is -4.21. The number of carbonyl (C=O) groups is 1. The molecule has 0 aliphatic carbocycles. The first-order chi connectivity index (χ1) is 19.5. The first-order valence-corrected chi connectivity index (χ1v) is 13.6. The van der Waals surface area contributed by atoms with Gasteiger partial charge in [0.1, 0.15) is 24.5 Å². The van der Waals surface area contributed by atoms with Crippen LogP contribution in [0.4, 0.5) is 17.2 Å². The van der Waals surface area contributed by atoms with Crippen LogP contribution in [0.25, 0.3) is 10.9 Å². The highest BCUT2D eigenvalue weighted by atomic mass is 35.5.